The Balaban J connectivity index is 1.75. The highest BCUT2D eigenvalue weighted by Crippen LogP contribution is 2.26. The lowest BCUT2D eigenvalue weighted by atomic mass is 10.2. The minimum absolute atomic E-state index is 0.00808. The van der Waals surface area contributed by atoms with Crippen LogP contribution < -0.4 is 15.9 Å². The van der Waals surface area contributed by atoms with E-state index in [4.69, 9.17) is 16.3 Å². The Morgan fingerprint density at radius 2 is 1.86 bits per heavy atom. The Hall–Kier alpha value is -3.89. The Morgan fingerprint density at radius 1 is 1.11 bits per heavy atom. The maximum atomic E-state index is 13.9. The molecule has 0 aliphatic carbocycles. The molecule has 0 fully saturated rings. The highest BCUT2D eigenvalue weighted by molar-refractivity contribution is 6.31. The summed E-state index contributed by atoms with van der Waals surface area (Å²) in [5.41, 5.74) is 0.506. The van der Waals surface area contributed by atoms with Crippen LogP contribution >= 0.6 is 11.6 Å². The summed E-state index contributed by atoms with van der Waals surface area (Å²) in [4.78, 5) is 34.0. The van der Waals surface area contributed by atoms with Crippen LogP contribution in [0.1, 0.15) is 35.5 Å². The van der Waals surface area contributed by atoms with Gasteiger partial charge in [0.05, 0.1) is 18.0 Å². The van der Waals surface area contributed by atoms with Crippen LogP contribution in [0.5, 0.6) is 5.75 Å². The zero-order chi connectivity index (χ0) is 26.1. The van der Waals surface area contributed by atoms with E-state index < -0.39 is 28.9 Å². The van der Waals surface area contributed by atoms with Gasteiger partial charge in [-0.15, -0.1) is 0 Å². The summed E-state index contributed by atoms with van der Waals surface area (Å²) in [5, 5.41) is 9.62. The number of aliphatic hydroxyl groups excluding tert-OH is 1. The van der Waals surface area contributed by atoms with E-state index >= 15 is 0 Å². The van der Waals surface area contributed by atoms with Crippen molar-refractivity contribution < 1.29 is 18.6 Å². The Labute approximate surface area is 209 Å². The third kappa shape index (κ3) is 4.77. The topological polar surface area (TPSA) is 99.2 Å². The molecule has 4 rings (SSSR count). The number of nitrogens with zero attached hydrogens (tertiary/aromatic N) is 4. The van der Waals surface area contributed by atoms with Crippen molar-refractivity contribution in [2.75, 3.05) is 0 Å². The molecule has 0 saturated carbocycles. The third-order valence-corrected chi connectivity index (χ3v) is 5.87. The molecule has 1 atom stereocenters. The number of pyridine rings is 4. The molecule has 0 amide bonds. The van der Waals surface area contributed by atoms with Crippen LogP contribution in [0.3, 0.4) is 0 Å². The van der Waals surface area contributed by atoms with Gasteiger partial charge in [-0.2, -0.15) is 0 Å². The lowest BCUT2D eigenvalue weighted by molar-refractivity contribution is 0.197. The van der Waals surface area contributed by atoms with E-state index in [0.717, 1.165) is 6.20 Å². The monoisotopic (exact) mass is 514 g/mol. The van der Waals surface area contributed by atoms with Gasteiger partial charge in [-0.25, -0.2) is 13.8 Å². The first-order valence-corrected chi connectivity index (χ1v) is 11.2. The maximum absolute atomic E-state index is 13.9. The molecule has 4 heterocycles. The predicted molar refractivity (Wildman–Crippen MR) is 129 cm³/mol. The number of aliphatic hydroxyl groups is 1. The smallest absolute Gasteiger partial charge is 0.277 e. The van der Waals surface area contributed by atoms with Gasteiger partial charge in [0.25, 0.3) is 11.1 Å². The van der Waals surface area contributed by atoms with E-state index in [1.165, 1.54) is 40.6 Å². The van der Waals surface area contributed by atoms with Gasteiger partial charge in [0, 0.05) is 41.9 Å². The summed E-state index contributed by atoms with van der Waals surface area (Å²) in [6, 6.07) is 6.89. The zero-order valence-corrected chi connectivity index (χ0v) is 20.3. The van der Waals surface area contributed by atoms with Crippen molar-refractivity contribution in [1.29, 1.82) is 0 Å². The summed E-state index contributed by atoms with van der Waals surface area (Å²) >= 11 is 6.31. The molecule has 0 bridgehead atoms. The van der Waals surface area contributed by atoms with Crippen molar-refractivity contribution >= 4 is 11.6 Å². The number of aryl methyl sites for hydroxylation is 2. The molecule has 0 aromatic carbocycles. The highest BCUT2D eigenvalue weighted by Gasteiger charge is 2.18. The van der Waals surface area contributed by atoms with Gasteiger partial charge in [0.2, 0.25) is 0 Å². The summed E-state index contributed by atoms with van der Waals surface area (Å²) in [7, 11) is 0. The molecule has 0 radical (unpaired) electrons. The Morgan fingerprint density at radius 3 is 2.56 bits per heavy atom. The minimum atomic E-state index is -0.968. The first kappa shape index (κ1) is 25.2. The summed E-state index contributed by atoms with van der Waals surface area (Å²) in [6.45, 7) is 4.52. The number of hydrogen-bond donors (Lipinski definition) is 1. The van der Waals surface area contributed by atoms with Crippen LogP contribution in [0.4, 0.5) is 8.78 Å². The molecular weight excluding hydrogens is 494 g/mol. The van der Waals surface area contributed by atoms with Crippen LogP contribution in [0.25, 0.3) is 11.5 Å². The standard InChI is InChI=1S/C25H21ClF2N4O4/c1-13-10-30-22(31-6-4-5-17(15(3)33)24(31)34)9-20(13)32-14(2)7-21(23(26)25(32)35)36-12-19-18(28)8-16(27)11-29-19/h4-11,15,33H,12H2,1-3H3. The molecule has 4 aromatic rings. The number of aromatic nitrogens is 4. The van der Waals surface area contributed by atoms with Crippen LogP contribution in [0.15, 0.2) is 58.5 Å². The van der Waals surface area contributed by atoms with E-state index in [1.807, 2.05) is 0 Å². The van der Waals surface area contributed by atoms with Crippen molar-refractivity contribution in [2.24, 2.45) is 0 Å². The van der Waals surface area contributed by atoms with Crippen molar-refractivity contribution in [3.8, 4) is 17.3 Å². The molecule has 0 spiro atoms. The lowest BCUT2D eigenvalue weighted by Crippen LogP contribution is -2.25. The molecular formula is C25H21ClF2N4O4. The number of rotatable bonds is 6. The van der Waals surface area contributed by atoms with Crippen LogP contribution in [0, 0.1) is 25.5 Å². The molecule has 4 aromatic heterocycles. The minimum Gasteiger partial charge on any atom is -0.485 e. The fraction of sp³-hybridized carbons (Fsp3) is 0.200. The highest BCUT2D eigenvalue weighted by atomic mass is 35.5. The quantitative estimate of drug-likeness (QED) is 0.418. The molecule has 0 saturated heterocycles. The average Bonchev–Trinajstić information content (AvgIpc) is 2.82. The lowest BCUT2D eigenvalue weighted by Gasteiger charge is -2.17. The predicted octanol–water partition coefficient (Wildman–Crippen LogP) is 3.96. The van der Waals surface area contributed by atoms with Gasteiger partial charge in [-0.1, -0.05) is 11.6 Å². The first-order chi connectivity index (χ1) is 17.1. The van der Waals surface area contributed by atoms with Crippen molar-refractivity contribution in [2.45, 2.75) is 33.5 Å². The average molecular weight is 515 g/mol. The van der Waals surface area contributed by atoms with E-state index in [1.54, 1.807) is 26.0 Å². The molecule has 0 aliphatic rings. The second kappa shape index (κ2) is 10.00. The van der Waals surface area contributed by atoms with Crippen molar-refractivity contribution in [1.82, 2.24) is 19.1 Å². The zero-order valence-electron chi connectivity index (χ0n) is 19.5. The SMILES string of the molecule is Cc1cnc(-n2cccc(C(C)O)c2=O)cc1-n1c(C)cc(OCc2ncc(F)cc2F)c(Cl)c1=O. The van der Waals surface area contributed by atoms with Crippen LogP contribution in [-0.2, 0) is 6.61 Å². The van der Waals surface area contributed by atoms with Crippen molar-refractivity contribution in [3.05, 3.63) is 109 Å². The second-order valence-electron chi connectivity index (χ2n) is 8.12. The van der Waals surface area contributed by atoms with Gasteiger partial charge in [0.1, 0.15) is 34.7 Å². The number of hydrogen-bond acceptors (Lipinski definition) is 6. The normalized spacial score (nSPS) is 12.0. The Kier molecular flexibility index (Phi) is 7.00. The molecule has 0 aliphatic heterocycles. The molecule has 11 heteroatoms. The first-order valence-electron chi connectivity index (χ1n) is 10.8. The Bertz CT molecular complexity index is 1580. The van der Waals surface area contributed by atoms with Crippen LogP contribution in [0.2, 0.25) is 5.02 Å². The number of ether oxygens (including phenoxy) is 1. The van der Waals surface area contributed by atoms with Gasteiger partial charge in [-0.3, -0.25) is 23.7 Å². The molecule has 1 N–H and O–H groups in total. The fourth-order valence-electron chi connectivity index (χ4n) is 3.67. The summed E-state index contributed by atoms with van der Waals surface area (Å²) < 4.78 is 35.1. The van der Waals surface area contributed by atoms with E-state index in [-0.39, 0.29) is 34.5 Å². The van der Waals surface area contributed by atoms with Gasteiger partial charge >= 0.3 is 0 Å². The molecule has 36 heavy (non-hydrogen) atoms. The fourth-order valence-corrected chi connectivity index (χ4v) is 3.86. The number of halogens is 3. The van der Waals surface area contributed by atoms with Crippen molar-refractivity contribution in [3.63, 3.8) is 0 Å². The maximum Gasteiger partial charge on any atom is 0.277 e. The van der Waals surface area contributed by atoms with Gasteiger partial charge in [0.15, 0.2) is 5.82 Å². The molecule has 186 valence electrons. The van der Waals surface area contributed by atoms with E-state index in [0.29, 0.717) is 23.0 Å². The third-order valence-electron chi connectivity index (χ3n) is 5.52. The van der Waals surface area contributed by atoms with E-state index in [2.05, 4.69) is 9.97 Å². The molecule has 1 unspecified atom stereocenters. The summed E-state index contributed by atoms with van der Waals surface area (Å²) in [6.07, 6.45) is 2.92. The van der Waals surface area contributed by atoms with E-state index in [9.17, 15) is 23.5 Å². The summed E-state index contributed by atoms with van der Waals surface area (Å²) in [5.74, 6) is -1.46. The second-order valence-corrected chi connectivity index (χ2v) is 8.50. The van der Waals surface area contributed by atoms with Crippen LogP contribution in [-0.4, -0.2) is 24.2 Å². The molecule has 8 nitrogen and oxygen atoms in total. The van der Waals surface area contributed by atoms with Gasteiger partial charge in [-0.05, 0) is 38.5 Å². The van der Waals surface area contributed by atoms with Gasteiger partial charge < -0.3 is 9.84 Å². The largest absolute Gasteiger partial charge is 0.485 e.